The summed E-state index contributed by atoms with van der Waals surface area (Å²) in [5.41, 5.74) is 2.21. The van der Waals surface area contributed by atoms with E-state index < -0.39 is 10.0 Å². The maximum atomic E-state index is 11.2. The predicted molar refractivity (Wildman–Crippen MR) is 62.1 cm³/mol. The van der Waals surface area contributed by atoms with Crippen LogP contribution in [0.5, 0.6) is 0 Å². The summed E-state index contributed by atoms with van der Waals surface area (Å²) in [6.07, 6.45) is 0. The lowest BCUT2D eigenvalue weighted by Gasteiger charge is -2.19. The maximum Gasteiger partial charge on any atom is 0.147 e. The zero-order valence-electron chi connectivity index (χ0n) is 8.93. The largest absolute Gasteiger partial charge is 0.237 e. The van der Waals surface area contributed by atoms with E-state index in [-0.39, 0.29) is 5.41 Å². The first-order valence-electron chi connectivity index (χ1n) is 4.51. The van der Waals surface area contributed by atoms with Gasteiger partial charge in [-0.15, -0.1) is 0 Å². The van der Waals surface area contributed by atoms with Gasteiger partial charge in [-0.2, -0.15) is 0 Å². The molecular weight excluding hydrogens is 216 g/mol. The van der Waals surface area contributed by atoms with Gasteiger partial charge in [0.05, 0.1) is 4.90 Å². The van der Waals surface area contributed by atoms with Crippen molar-refractivity contribution >= 4 is 20.7 Å². The predicted octanol–water partition coefficient (Wildman–Crippen LogP) is 3.55. The van der Waals surface area contributed by atoms with Crippen LogP contribution in [0.2, 0.25) is 0 Å². The topological polar surface area (TPSA) is 17.1 Å². The van der Waals surface area contributed by atoms with Gasteiger partial charge < -0.3 is 0 Å². The highest BCUT2D eigenvalue weighted by atomic mass is 35.7. The zero-order chi connectivity index (χ0) is 10.9. The van der Waals surface area contributed by atoms with E-state index in [2.05, 4.69) is 26.8 Å². The van der Waals surface area contributed by atoms with Gasteiger partial charge in [-0.3, -0.25) is 0 Å². The Bertz CT molecular complexity index is 366. The monoisotopic (exact) mass is 230 g/mol. The van der Waals surface area contributed by atoms with E-state index in [1.165, 1.54) is 0 Å². The molecule has 0 saturated heterocycles. The Morgan fingerprint density at radius 3 is 2.29 bits per heavy atom. The minimum Gasteiger partial charge on any atom is -0.237 e. The van der Waals surface area contributed by atoms with Crippen LogP contribution in [0.1, 0.15) is 31.9 Å². The molecule has 1 aromatic carbocycles. The molecule has 0 N–H and O–H groups in total. The van der Waals surface area contributed by atoms with Crippen LogP contribution in [0.25, 0.3) is 0 Å². The third-order valence-corrected chi connectivity index (χ3v) is 3.51. The first-order valence-corrected chi connectivity index (χ1v) is 6.49. The number of benzene rings is 1. The van der Waals surface area contributed by atoms with E-state index in [0.717, 1.165) is 16.0 Å². The molecule has 0 saturated carbocycles. The van der Waals surface area contributed by atoms with Crippen molar-refractivity contribution in [3.05, 3.63) is 29.3 Å². The van der Waals surface area contributed by atoms with Crippen LogP contribution in [0.4, 0.5) is 0 Å². The van der Waals surface area contributed by atoms with Crippen LogP contribution in [-0.2, 0) is 15.4 Å². The lowest BCUT2D eigenvalue weighted by molar-refractivity contribution is 0.588. The Morgan fingerprint density at radius 1 is 1.29 bits per heavy atom. The maximum absolute atomic E-state index is 11.2. The summed E-state index contributed by atoms with van der Waals surface area (Å²) in [4.78, 5) is 0.721. The van der Waals surface area contributed by atoms with Crippen molar-refractivity contribution in [1.82, 2.24) is 0 Å². The second-order valence-electron chi connectivity index (χ2n) is 4.45. The number of hydrogen-bond acceptors (Lipinski definition) is 1. The van der Waals surface area contributed by atoms with E-state index in [0.29, 0.717) is 0 Å². The molecule has 0 aliphatic heterocycles. The van der Waals surface area contributed by atoms with Gasteiger partial charge in [0.15, 0.2) is 0 Å². The Kier molecular flexibility index (Phi) is 3.38. The molecule has 0 spiro atoms. The molecule has 0 aliphatic rings. The zero-order valence-corrected chi connectivity index (χ0v) is 10.5. The lowest BCUT2D eigenvalue weighted by atomic mass is 9.87. The van der Waals surface area contributed by atoms with E-state index in [1.54, 1.807) is 0 Å². The minimum atomic E-state index is -1.41. The Hall–Kier alpha value is -0.340. The standard InChI is InChI=1S/C11H15ClOS/c1-8-5-6-9(11(2,3)4)7-10(8)14(12)13/h5-7H,1-4H3. The number of aryl methyl sites for hydroxylation is 1. The van der Waals surface area contributed by atoms with Crippen molar-refractivity contribution in [1.29, 1.82) is 0 Å². The van der Waals surface area contributed by atoms with Crippen molar-refractivity contribution in [2.45, 2.75) is 38.0 Å². The average molecular weight is 231 g/mol. The SMILES string of the molecule is Cc1ccc(C(C)(C)C)cc1S(=O)Cl. The molecule has 0 amide bonds. The molecule has 0 bridgehead atoms. The molecule has 3 heteroatoms. The average Bonchev–Trinajstić information content (AvgIpc) is 2.02. The quantitative estimate of drug-likeness (QED) is 0.675. The fraction of sp³-hybridized carbons (Fsp3) is 0.455. The fourth-order valence-corrected chi connectivity index (χ4v) is 2.28. The Labute approximate surface area is 92.4 Å². The van der Waals surface area contributed by atoms with Crippen LogP contribution in [0, 0.1) is 6.92 Å². The second-order valence-corrected chi connectivity index (χ2v) is 6.18. The van der Waals surface area contributed by atoms with E-state index in [9.17, 15) is 4.21 Å². The molecule has 1 rings (SSSR count). The van der Waals surface area contributed by atoms with Crippen LogP contribution >= 0.6 is 10.7 Å². The minimum absolute atomic E-state index is 0.0682. The highest BCUT2D eigenvalue weighted by Crippen LogP contribution is 2.26. The highest BCUT2D eigenvalue weighted by molar-refractivity contribution is 8.08. The molecular formula is C11H15ClOS. The third kappa shape index (κ3) is 2.58. The summed E-state index contributed by atoms with van der Waals surface area (Å²) in [5, 5.41) is 0. The van der Waals surface area contributed by atoms with Gasteiger partial charge in [0.1, 0.15) is 10.0 Å². The fourth-order valence-electron chi connectivity index (χ4n) is 1.24. The summed E-state index contributed by atoms with van der Waals surface area (Å²) in [7, 11) is 4.19. The summed E-state index contributed by atoms with van der Waals surface area (Å²) in [5.74, 6) is 0. The van der Waals surface area contributed by atoms with Gasteiger partial charge in [-0.05, 0) is 40.2 Å². The van der Waals surface area contributed by atoms with Gasteiger partial charge in [-0.25, -0.2) is 4.21 Å². The summed E-state index contributed by atoms with van der Waals surface area (Å²) in [6.45, 7) is 8.29. The van der Waals surface area contributed by atoms with Gasteiger partial charge >= 0.3 is 0 Å². The molecule has 1 atom stereocenters. The van der Waals surface area contributed by atoms with Gasteiger partial charge in [0.25, 0.3) is 0 Å². The van der Waals surface area contributed by atoms with Crippen LogP contribution in [0.15, 0.2) is 23.1 Å². The third-order valence-electron chi connectivity index (χ3n) is 2.23. The molecule has 0 fully saturated rings. The molecule has 1 unspecified atom stereocenters. The first kappa shape index (κ1) is 11.7. The summed E-state index contributed by atoms with van der Waals surface area (Å²) in [6, 6.07) is 5.96. The van der Waals surface area contributed by atoms with Gasteiger partial charge in [0, 0.05) is 0 Å². The van der Waals surface area contributed by atoms with Crippen LogP contribution < -0.4 is 0 Å². The van der Waals surface area contributed by atoms with Crippen molar-refractivity contribution in [2.24, 2.45) is 0 Å². The highest BCUT2D eigenvalue weighted by Gasteiger charge is 2.15. The molecule has 14 heavy (non-hydrogen) atoms. The van der Waals surface area contributed by atoms with Crippen molar-refractivity contribution < 1.29 is 4.21 Å². The van der Waals surface area contributed by atoms with Crippen molar-refractivity contribution in [2.75, 3.05) is 0 Å². The first-order chi connectivity index (χ1) is 6.32. The van der Waals surface area contributed by atoms with E-state index >= 15 is 0 Å². The van der Waals surface area contributed by atoms with E-state index in [1.807, 2.05) is 19.1 Å². The Morgan fingerprint density at radius 2 is 1.86 bits per heavy atom. The number of rotatable bonds is 1. The van der Waals surface area contributed by atoms with Crippen molar-refractivity contribution in [3.8, 4) is 0 Å². The molecule has 1 aromatic rings. The van der Waals surface area contributed by atoms with E-state index in [4.69, 9.17) is 10.7 Å². The molecule has 78 valence electrons. The molecule has 0 heterocycles. The summed E-state index contributed by atoms with van der Waals surface area (Å²) < 4.78 is 11.2. The number of hydrogen-bond donors (Lipinski definition) is 0. The smallest absolute Gasteiger partial charge is 0.147 e. The summed E-state index contributed by atoms with van der Waals surface area (Å²) >= 11 is 0. The van der Waals surface area contributed by atoms with Crippen molar-refractivity contribution in [3.63, 3.8) is 0 Å². The van der Waals surface area contributed by atoms with Gasteiger partial charge in [-0.1, -0.05) is 32.9 Å². The molecule has 0 aromatic heterocycles. The molecule has 1 nitrogen and oxygen atoms in total. The number of halogens is 1. The lowest BCUT2D eigenvalue weighted by Crippen LogP contribution is -2.11. The van der Waals surface area contributed by atoms with Crippen LogP contribution in [0.3, 0.4) is 0 Å². The molecule has 0 aliphatic carbocycles. The second kappa shape index (κ2) is 4.03. The normalized spacial score (nSPS) is 14.1. The van der Waals surface area contributed by atoms with Crippen LogP contribution in [-0.4, -0.2) is 4.21 Å². The van der Waals surface area contributed by atoms with Gasteiger partial charge in [0.2, 0.25) is 0 Å². The molecule has 0 radical (unpaired) electrons. The Balaban J connectivity index is 3.27.